The fourth-order valence-corrected chi connectivity index (χ4v) is 5.40. The van der Waals surface area contributed by atoms with Crippen LogP contribution < -0.4 is 16.2 Å². The molecule has 2 rings (SSSR count). The van der Waals surface area contributed by atoms with Crippen molar-refractivity contribution in [1.82, 2.24) is 9.55 Å². The summed E-state index contributed by atoms with van der Waals surface area (Å²) in [4.78, 5) is 50.9. The SMILES string of the molecule is COc1cn([C@@H]2O[C@H](COP(=O)(O)OP(=O)(O)OP(=O)(O)O)[C@H](O)C2O)c(=O)nc1N. The third-order valence-corrected chi connectivity index (χ3v) is 7.40. The van der Waals surface area contributed by atoms with Crippen molar-refractivity contribution in [2.75, 3.05) is 19.5 Å². The molecule has 0 aliphatic carbocycles. The predicted octanol–water partition coefficient (Wildman–Crippen LogP) is -2.20. The monoisotopic (exact) mass is 513 g/mol. The topological polar surface area (TPSA) is 280 Å². The number of hydrogen-bond acceptors (Lipinski definition) is 13. The zero-order chi connectivity index (χ0) is 23.8. The Kier molecular flexibility index (Phi) is 7.83. The fourth-order valence-electron chi connectivity index (χ4n) is 2.37. The summed E-state index contributed by atoms with van der Waals surface area (Å²) in [5.74, 6) is -0.331. The molecular formula is C10H18N3O15P3. The number of phosphoric acid groups is 3. The Morgan fingerprint density at radius 3 is 2.29 bits per heavy atom. The highest BCUT2D eigenvalue weighted by atomic mass is 31.3. The molecule has 0 bridgehead atoms. The van der Waals surface area contributed by atoms with E-state index in [0.29, 0.717) is 4.57 Å². The number of phosphoric ester groups is 1. The lowest BCUT2D eigenvalue weighted by Gasteiger charge is -2.19. The van der Waals surface area contributed by atoms with Crippen molar-refractivity contribution in [2.24, 2.45) is 0 Å². The Labute approximate surface area is 172 Å². The van der Waals surface area contributed by atoms with Gasteiger partial charge in [0.1, 0.15) is 18.3 Å². The Balaban J connectivity index is 2.11. The lowest BCUT2D eigenvalue weighted by atomic mass is 10.1. The second-order valence-corrected chi connectivity index (χ2v) is 10.2. The van der Waals surface area contributed by atoms with Crippen LogP contribution in [0.1, 0.15) is 6.23 Å². The number of nitrogens with two attached hydrogens (primary N) is 1. The molecule has 0 aromatic carbocycles. The molecular weight excluding hydrogens is 495 g/mol. The molecule has 2 heterocycles. The third-order valence-electron chi connectivity index (χ3n) is 3.59. The number of aliphatic hydroxyl groups is 2. The molecule has 6 atom stereocenters. The minimum Gasteiger partial charge on any atom is -0.491 e. The normalized spacial score (nSPS) is 28.1. The highest BCUT2D eigenvalue weighted by molar-refractivity contribution is 7.66. The fraction of sp³-hybridized carbons (Fsp3) is 0.600. The molecule has 1 aromatic heterocycles. The van der Waals surface area contributed by atoms with Gasteiger partial charge in [0.25, 0.3) is 0 Å². The van der Waals surface area contributed by atoms with E-state index in [1.807, 2.05) is 0 Å². The van der Waals surface area contributed by atoms with Crippen molar-refractivity contribution in [1.29, 1.82) is 0 Å². The van der Waals surface area contributed by atoms with Gasteiger partial charge >= 0.3 is 29.2 Å². The van der Waals surface area contributed by atoms with Crippen LogP contribution in [-0.4, -0.2) is 71.4 Å². The van der Waals surface area contributed by atoms with E-state index in [9.17, 15) is 33.6 Å². The maximum Gasteiger partial charge on any atom is 0.490 e. The molecule has 0 amide bonds. The van der Waals surface area contributed by atoms with Gasteiger partial charge in [0, 0.05) is 0 Å². The highest BCUT2D eigenvalue weighted by Crippen LogP contribution is 2.66. The molecule has 1 aromatic rings. The number of hydrogen-bond donors (Lipinski definition) is 7. The summed E-state index contributed by atoms with van der Waals surface area (Å²) in [5, 5.41) is 20.2. The molecule has 21 heteroatoms. The van der Waals surface area contributed by atoms with Crippen LogP contribution in [0.15, 0.2) is 11.0 Å². The molecule has 0 radical (unpaired) electrons. The van der Waals surface area contributed by atoms with E-state index in [-0.39, 0.29) is 11.6 Å². The summed E-state index contributed by atoms with van der Waals surface area (Å²) in [5.41, 5.74) is 4.48. The van der Waals surface area contributed by atoms with Gasteiger partial charge in [-0.05, 0) is 0 Å². The number of nitrogen functional groups attached to an aromatic ring is 1. The van der Waals surface area contributed by atoms with Crippen molar-refractivity contribution >= 4 is 29.3 Å². The number of aliphatic hydroxyl groups excluding tert-OH is 2. The van der Waals surface area contributed by atoms with Gasteiger partial charge in [-0.15, -0.1) is 0 Å². The third kappa shape index (κ3) is 6.87. The molecule has 1 aliphatic rings. The summed E-state index contributed by atoms with van der Waals surface area (Å²) in [6, 6.07) is 0. The molecule has 3 unspecified atom stereocenters. The van der Waals surface area contributed by atoms with Gasteiger partial charge in [0.2, 0.25) is 0 Å². The van der Waals surface area contributed by atoms with Gasteiger partial charge in [-0.1, -0.05) is 0 Å². The number of ether oxygens (including phenoxy) is 2. The first-order chi connectivity index (χ1) is 14.1. The van der Waals surface area contributed by atoms with E-state index in [2.05, 4.69) is 18.1 Å². The first-order valence-electron chi connectivity index (χ1n) is 7.78. The van der Waals surface area contributed by atoms with Gasteiger partial charge in [0.15, 0.2) is 17.8 Å². The van der Waals surface area contributed by atoms with Crippen LogP contribution in [0.3, 0.4) is 0 Å². The summed E-state index contributed by atoms with van der Waals surface area (Å²) in [6.07, 6.45) is -5.70. The smallest absolute Gasteiger partial charge is 0.490 e. The number of anilines is 1. The Morgan fingerprint density at radius 1 is 1.13 bits per heavy atom. The van der Waals surface area contributed by atoms with E-state index in [1.54, 1.807) is 0 Å². The maximum atomic E-state index is 12.0. The predicted molar refractivity (Wildman–Crippen MR) is 95.2 cm³/mol. The van der Waals surface area contributed by atoms with E-state index in [0.717, 1.165) is 6.20 Å². The van der Waals surface area contributed by atoms with Crippen LogP contribution in [0.5, 0.6) is 5.75 Å². The minimum atomic E-state index is -5.74. The maximum absolute atomic E-state index is 12.0. The first-order valence-corrected chi connectivity index (χ1v) is 12.3. The van der Waals surface area contributed by atoms with Crippen molar-refractivity contribution in [3.8, 4) is 5.75 Å². The van der Waals surface area contributed by atoms with Crippen LogP contribution in [0.4, 0.5) is 5.82 Å². The van der Waals surface area contributed by atoms with Crippen LogP contribution in [0.25, 0.3) is 0 Å². The summed E-state index contributed by atoms with van der Waals surface area (Å²) >= 11 is 0. The molecule has 178 valence electrons. The summed E-state index contributed by atoms with van der Waals surface area (Å²) in [7, 11) is -15.6. The van der Waals surface area contributed by atoms with Crippen LogP contribution in [0, 0.1) is 0 Å². The standard InChI is InChI=1S/C10H18N3O15P3/c1-24-4-2-13(10(16)12-8(4)11)9-7(15)6(14)5(26-9)3-25-30(20,21)28-31(22,23)27-29(17,18)19/h2,5-7,9,14-15H,3H2,1H3,(H,20,21)(H,22,23)(H2,11,12,16)(H2,17,18,19)/t5-,6+,7?,9-/m1/s1. The van der Waals surface area contributed by atoms with E-state index >= 15 is 0 Å². The number of aromatic nitrogens is 2. The van der Waals surface area contributed by atoms with Gasteiger partial charge in [-0.3, -0.25) is 9.09 Å². The van der Waals surface area contributed by atoms with E-state index in [4.69, 9.17) is 29.9 Å². The molecule has 1 aliphatic heterocycles. The summed E-state index contributed by atoms with van der Waals surface area (Å²) in [6.45, 7) is -1.05. The molecule has 8 N–H and O–H groups in total. The Hall–Kier alpha value is -1.23. The van der Waals surface area contributed by atoms with Gasteiger partial charge in [-0.2, -0.15) is 13.6 Å². The molecule has 1 fully saturated rings. The Morgan fingerprint density at radius 2 is 1.74 bits per heavy atom. The lowest BCUT2D eigenvalue weighted by Crippen LogP contribution is -2.36. The molecule has 0 spiro atoms. The average molecular weight is 513 g/mol. The van der Waals surface area contributed by atoms with Crippen molar-refractivity contribution in [3.63, 3.8) is 0 Å². The molecule has 31 heavy (non-hydrogen) atoms. The largest absolute Gasteiger partial charge is 0.491 e. The van der Waals surface area contributed by atoms with Gasteiger partial charge in [-0.25, -0.2) is 18.5 Å². The van der Waals surface area contributed by atoms with Crippen LogP contribution in [0.2, 0.25) is 0 Å². The zero-order valence-electron chi connectivity index (χ0n) is 15.3. The van der Waals surface area contributed by atoms with Gasteiger partial charge in [0.05, 0.1) is 19.9 Å². The van der Waals surface area contributed by atoms with Crippen LogP contribution >= 0.6 is 23.5 Å². The number of methoxy groups -OCH3 is 1. The first kappa shape index (κ1) is 26.0. The number of rotatable bonds is 9. The van der Waals surface area contributed by atoms with Crippen LogP contribution in [-0.2, 0) is 31.6 Å². The second kappa shape index (κ2) is 9.33. The summed E-state index contributed by atoms with van der Waals surface area (Å²) < 4.78 is 55.8. The highest BCUT2D eigenvalue weighted by Gasteiger charge is 2.47. The Bertz CT molecular complexity index is 1010. The molecule has 1 saturated heterocycles. The second-order valence-electron chi connectivity index (χ2n) is 5.82. The lowest BCUT2D eigenvalue weighted by molar-refractivity contribution is -0.0543. The van der Waals surface area contributed by atoms with Gasteiger partial charge < -0.3 is 45.0 Å². The van der Waals surface area contributed by atoms with Crippen molar-refractivity contribution in [2.45, 2.75) is 24.5 Å². The number of nitrogens with zero attached hydrogens (tertiary/aromatic N) is 2. The zero-order valence-corrected chi connectivity index (χ0v) is 17.9. The minimum absolute atomic E-state index is 0.0680. The molecule has 18 nitrogen and oxygen atoms in total. The quantitative estimate of drug-likeness (QED) is 0.172. The van der Waals surface area contributed by atoms with E-state index in [1.165, 1.54) is 7.11 Å². The molecule has 0 saturated carbocycles. The van der Waals surface area contributed by atoms with E-state index < -0.39 is 60.3 Å². The van der Waals surface area contributed by atoms with Crippen molar-refractivity contribution < 1.29 is 66.1 Å². The van der Waals surface area contributed by atoms with Crippen molar-refractivity contribution in [3.05, 3.63) is 16.7 Å². The average Bonchev–Trinajstić information content (AvgIpc) is 2.85.